The summed E-state index contributed by atoms with van der Waals surface area (Å²) in [6.07, 6.45) is 6.86. The third kappa shape index (κ3) is 4.88. The second kappa shape index (κ2) is 9.29. The number of rotatable bonds is 7. The highest BCUT2D eigenvalue weighted by Crippen LogP contribution is 2.27. The van der Waals surface area contributed by atoms with Crippen molar-refractivity contribution >= 4 is 29.3 Å². The molecule has 6 nitrogen and oxygen atoms in total. The summed E-state index contributed by atoms with van der Waals surface area (Å²) in [7, 11) is 0. The third-order valence-electron chi connectivity index (χ3n) is 5.28. The highest BCUT2D eigenvalue weighted by molar-refractivity contribution is 7.99. The lowest BCUT2D eigenvalue weighted by molar-refractivity contribution is -0.119. The summed E-state index contributed by atoms with van der Waals surface area (Å²) >= 11 is 7.46. The lowest BCUT2D eigenvalue weighted by Gasteiger charge is -2.15. The van der Waals surface area contributed by atoms with E-state index in [1.165, 1.54) is 24.6 Å². The van der Waals surface area contributed by atoms with Crippen LogP contribution in [-0.2, 0) is 16.1 Å². The molecule has 28 heavy (non-hydrogen) atoms. The summed E-state index contributed by atoms with van der Waals surface area (Å²) in [6, 6.07) is 7.93. The van der Waals surface area contributed by atoms with Crippen LogP contribution >= 0.6 is 23.4 Å². The second-order valence-electron chi connectivity index (χ2n) is 7.40. The van der Waals surface area contributed by atoms with Crippen LogP contribution in [0.4, 0.5) is 0 Å². The van der Waals surface area contributed by atoms with Gasteiger partial charge in [0.05, 0.1) is 18.4 Å². The van der Waals surface area contributed by atoms with Crippen molar-refractivity contribution in [2.75, 3.05) is 12.4 Å². The number of benzene rings is 1. The molecule has 1 saturated carbocycles. The number of hydrogen-bond acceptors (Lipinski definition) is 5. The average molecular weight is 421 g/mol. The highest BCUT2D eigenvalue weighted by Gasteiger charge is 2.23. The van der Waals surface area contributed by atoms with Gasteiger partial charge in [0.1, 0.15) is 0 Å². The van der Waals surface area contributed by atoms with E-state index in [1.807, 2.05) is 24.3 Å². The smallest absolute Gasteiger partial charge is 0.230 e. The summed E-state index contributed by atoms with van der Waals surface area (Å²) in [5, 5.41) is 13.3. The maximum Gasteiger partial charge on any atom is 0.230 e. The number of aromatic nitrogens is 3. The Morgan fingerprint density at radius 1 is 1.18 bits per heavy atom. The standard InChI is InChI=1S/C20H25ClN4O2S/c21-15-9-7-14(8-10-15)19-23-24-20(25(19)12-17-6-3-11-27-17)28-13-18(26)22-16-4-1-2-5-16/h7-10,16-17H,1-6,11-13H2,(H,22,26)/t17-/m0/s1. The number of amides is 1. The fourth-order valence-electron chi connectivity index (χ4n) is 3.83. The molecule has 2 aromatic rings. The molecule has 1 aromatic carbocycles. The first-order chi connectivity index (χ1) is 13.7. The second-order valence-corrected chi connectivity index (χ2v) is 8.78. The van der Waals surface area contributed by atoms with Crippen molar-refractivity contribution < 1.29 is 9.53 Å². The van der Waals surface area contributed by atoms with Crippen molar-refractivity contribution in [2.45, 2.75) is 62.4 Å². The Balaban J connectivity index is 1.48. The molecule has 0 unspecified atom stereocenters. The van der Waals surface area contributed by atoms with Gasteiger partial charge in [0.25, 0.3) is 0 Å². The highest BCUT2D eigenvalue weighted by atomic mass is 35.5. The van der Waals surface area contributed by atoms with Gasteiger partial charge in [-0.3, -0.25) is 9.36 Å². The first kappa shape index (κ1) is 19.7. The molecule has 0 radical (unpaired) electrons. The Morgan fingerprint density at radius 2 is 1.96 bits per heavy atom. The molecule has 2 aliphatic rings. The minimum Gasteiger partial charge on any atom is -0.376 e. The van der Waals surface area contributed by atoms with Crippen LogP contribution < -0.4 is 5.32 Å². The number of nitrogens with zero attached hydrogens (tertiary/aromatic N) is 3. The van der Waals surface area contributed by atoms with Crippen LogP contribution in [0.25, 0.3) is 11.4 Å². The third-order valence-corrected chi connectivity index (χ3v) is 6.50. The number of thioether (sulfide) groups is 1. The summed E-state index contributed by atoms with van der Waals surface area (Å²) in [6.45, 7) is 1.49. The van der Waals surface area contributed by atoms with E-state index >= 15 is 0 Å². The number of hydrogen-bond donors (Lipinski definition) is 1. The largest absolute Gasteiger partial charge is 0.376 e. The summed E-state index contributed by atoms with van der Waals surface area (Å²) in [5.41, 5.74) is 0.956. The number of carbonyl (C=O) groups is 1. The topological polar surface area (TPSA) is 69.0 Å². The van der Waals surface area contributed by atoms with Crippen LogP contribution in [0.2, 0.25) is 5.02 Å². The van der Waals surface area contributed by atoms with Gasteiger partial charge in [-0.2, -0.15) is 0 Å². The van der Waals surface area contributed by atoms with E-state index in [-0.39, 0.29) is 12.0 Å². The maximum absolute atomic E-state index is 12.3. The Morgan fingerprint density at radius 3 is 2.68 bits per heavy atom. The Hall–Kier alpha value is -1.57. The van der Waals surface area contributed by atoms with Crippen LogP contribution in [0.3, 0.4) is 0 Å². The SMILES string of the molecule is O=C(CSc1nnc(-c2ccc(Cl)cc2)n1C[C@@H]1CCCO1)NC1CCCC1. The molecule has 2 heterocycles. The van der Waals surface area contributed by atoms with E-state index in [0.29, 0.717) is 23.4 Å². The van der Waals surface area contributed by atoms with Crippen molar-refractivity contribution in [2.24, 2.45) is 0 Å². The molecule has 2 fully saturated rings. The van der Waals surface area contributed by atoms with Gasteiger partial charge in [-0.1, -0.05) is 36.2 Å². The van der Waals surface area contributed by atoms with Crippen molar-refractivity contribution in [1.29, 1.82) is 0 Å². The molecule has 1 N–H and O–H groups in total. The van der Waals surface area contributed by atoms with Crippen LogP contribution in [0, 0.1) is 0 Å². The number of carbonyl (C=O) groups excluding carboxylic acids is 1. The van der Waals surface area contributed by atoms with Gasteiger partial charge >= 0.3 is 0 Å². The van der Waals surface area contributed by atoms with E-state index in [9.17, 15) is 4.79 Å². The minimum atomic E-state index is 0.0663. The lowest BCUT2D eigenvalue weighted by Crippen LogP contribution is -2.33. The van der Waals surface area contributed by atoms with Crippen LogP contribution in [0.1, 0.15) is 38.5 Å². The maximum atomic E-state index is 12.3. The Labute approximate surface area is 174 Å². The van der Waals surface area contributed by atoms with Crippen molar-refractivity contribution in [3.05, 3.63) is 29.3 Å². The molecule has 1 aromatic heterocycles. The van der Waals surface area contributed by atoms with E-state index in [2.05, 4.69) is 20.1 Å². The Bertz CT molecular complexity index is 799. The predicted molar refractivity (Wildman–Crippen MR) is 111 cm³/mol. The lowest BCUT2D eigenvalue weighted by atomic mass is 10.2. The normalized spacial score (nSPS) is 20.0. The fourth-order valence-corrected chi connectivity index (χ4v) is 4.72. The molecule has 150 valence electrons. The van der Waals surface area contributed by atoms with E-state index in [0.717, 1.165) is 48.8 Å². The first-order valence-corrected chi connectivity index (χ1v) is 11.3. The van der Waals surface area contributed by atoms with E-state index in [1.54, 1.807) is 0 Å². The molecule has 1 saturated heterocycles. The molecule has 0 bridgehead atoms. The number of ether oxygens (including phenoxy) is 1. The first-order valence-electron chi connectivity index (χ1n) is 9.92. The molecule has 1 atom stereocenters. The van der Waals surface area contributed by atoms with E-state index in [4.69, 9.17) is 16.3 Å². The fraction of sp³-hybridized carbons (Fsp3) is 0.550. The molecule has 8 heteroatoms. The molecular weight excluding hydrogens is 396 g/mol. The van der Waals surface area contributed by atoms with Crippen LogP contribution in [0.5, 0.6) is 0 Å². The van der Waals surface area contributed by atoms with Gasteiger partial charge in [0, 0.05) is 23.2 Å². The van der Waals surface area contributed by atoms with Gasteiger partial charge in [0.2, 0.25) is 5.91 Å². The van der Waals surface area contributed by atoms with Gasteiger partial charge in [-0.15, -0.1) is 10.2 Å². The predicted octanol–water partition coefficient (Wildman–Crippen LogP) is 3.93. The van der Waals surface area contributed by atoms with Gasteiger partial charge in [-0.25, -0.2) is 0 Å². The van der Waals surface area contributed by atoms with Gasteiger partial charge < -0.3 is 10.1 Å². The molecule has 1 amide bonds. The summed E-state index contributed by atoms with van der Waals surface area (Å²) < 4.78 is 7.90. The molecule has 4 rings (SSSR count). The zero-order chi connectivity index (χ0) is 19.3. The monoisotopic (exact) mass is 420 g/mol. The molecule has 0 spiro atoms. The number of halogens is 1. The van der Waals surface area contributed by atoms with Crippen molar-refractivity contribution in [1.82, 2.24) is 20.1 Å². The quantitative estimate of drug-likeness (QED) is 0.687. The van der Waals surface area contributed by atoms with Crippen LogP contribution in [0.15, 0.2) is 29.4 Å². The van der Waals surface area contributed by atoms with Crippen molar-refractivity contribution in [3.8, 4) is 11.4 Å². The molecule has 1 aliphatic heterocycles. The Kier molecular flexibility index (Phi) is 6.54. The molecular formula is C20H25ClN4O2S. The molecule has 1 aliphatic carbocycles. The summed E-state index contributed by atoms with van der Waals surface area (Å²) in [5.74, 6) is 1.20. The summed E-state index contributed by atoms with van der Waals surface area (Å²) in [4.78, 5) is 12.3. The van der Waals surface area contributed by atoms with Gasteiger partial charge in [-0.05, 0) is 49.9 Å². The van der Waals surface area contributed by atoms with Gasteiger partial charge in [0.15, 0.2) is 11.0 Å². The zero-order valence-electron chi connectivity index (χ0n) is 15.8. The van der Waals surface area contributed by atoms with Crippen molar-refractivity contribution in [3.63, 3.8) is 0 Å². The van der Waals surface area contributed by atoms with E-state index < -0.39 is 0 Å². The minimum absolute atomic E-state index is 0.0663. The average Bonchev–Trinajstić information content (AvgIpc) is 3.44. The van der Waals surface area contributed by atoms with Crippen LogP contribution in [-0.4, -0.2) is 45.2 Å². The number of nitrogens with one attached hydrogen (secondary N) is 1. The zero-order valence-corrected chi connectivity index (χ0v) is 17.3.